The quantitative estimate of drug-likeness (QED) is 0.192. The summed E-state index contributed by atoms with van der Waals surface area (Å²) in [5.74, 6) is -1.13. The fourth-order valence-electron chi connectivity index (χ4n) is 4.40. The summed E-state index contributed by atoms with van der Waals surface area (Å²) < 4.78 is 26.9. The number of aryl methyl sites for hydroxylation is 1. The Bertz CT molecular complexity index is 1590. The molecule has 0 aliphatic rings. The van der Waals surface area contributed by atoms with Crippen LogP contribution in [0.15, 0.2) is 66.7 Å². The SMILES string of the molecule is CC[C@@H](C)NC(=O)[C@@H](Cc1ccccc1)N(Cc1ccc(Cl)cc1Cl)C(=O)CN(c1cc([N+](=O)[O-])ccc1C)S(C)(=O)=O. The lowest BCUT2D eigenvalue weighted by Crippen LogP contribution is -2.54. The van der Waals surface area contributed by atoms with Gasteiger partial charge in [0.25, 0.3) is 5.69 Å². The molecule has 230 valence electrons. The second-order valence-electron chi connectivity index (χ2n) is 10.3. The first-order chi connectivity index (χ1) is 20.2. The Labute approximate surface area is 261 Å². The fraction of sp³-hybridized carbons (Fsp3) is 0.333. The van der Waals surface area contributed by atoms with E-state index in [9.17, 15) is 28.1 Å². The van der Waals surface area contributed by atoms with Crippen molar-refractivity contribution in [1.29, 1.82) is 0 Å². The van der Waals surface area contributed by atoms with E-state index in [1.807, 2.05) is 44.2 Å². The third-order valence-electron chi connectivity index (χ3n) is 6.98. The molecule has 3 aromatic rings. The molecule has 2 amide bonds. The van der Waals surface area contributed by atoms with Gasteiger partial charge in [0.1, 0.15) is 12.6 Å². The van der Waals surface area contributed by atoms with Gasteiger partial charge in [-0.1, -0.05) is 72.6 Å². The molecule has 0 heterocycles. The van der Waals surface area contributed by atoms with Crippen LogP contribution in [-0.2, 0) is 32.6 Å². The van der Waals surface area contributed by atoms with Gasteiger partial charge < -0.3 is 10.2 Å². The number of halogens is 2. The highest BCUT2D eigenvalue weighted by molar-refractivity contribution is 7.92. The van der Waals surface area contributed by atoms with E-state index < -0.39 is 39.3 Å². The summed E-state index contributed by atoms with van der Waals surface area (Å²) in [6.45, 7) is 4.50. The van der Waals surface area contributed by atoms with E-state index in [-0.39, 0.29) is 35.4 Å². The number of hydrogen-bond acceptors (Lipinski definition) is 6. The maximum atomic E-state index is 14.2. The molecule has 0 saturated heterocycles. The van der Waals surface area contributed by atoms with Crippen LogP contribution in [-0.4, -0.2) is 54.9 Å². The van der Waals surface area contributed by atoms with Crippen LogP contribution in [0.5, 0.6) is 0 Å². The van der Waals surface area contributed by atoms with Gasteiger partial charge in [-0.05, 0) is 49.1 Å². The molecule has 0 bridgehead atoms. The minimum absolute atomic E-state index is 0.0156. The Hall–Kier alpha value is -3.67. The van der Waals surface area contributed by atoms with Gasteiger partial charge in [0, 0.05) is 41.2 Å². The second kappa shape index (κ2) is 14.7. The molecule has 0 spiro atoms. The molecule has 1 N–H and O–H groups in total. The molecule has 0 aliphatic carbocycles. The standard InChI is InChI=1S/C30H34Cl2N4O6S/c1-5-21(3)33-30(38)28(15-22-9-7-6-8-10-22)34(18-23-12-13-24(31)16-26(23)32)29(37)19-35(43(4,41)42)27-17-25(36(39)40)14-11-20(27)2/h6-14,16-17,21,28H,5,15,18-19H2,1-4H3,(H,33,38)/t21-,28-/m1/s1. The van der Waals surface area contributed by atoms with Crippen molar-refractivity contribution in [3.05, 3.63) is 104 Å². The Morgan fingerprint density at radius 2 is 1.72 bits per heavy atom. The number of anilines is 1. The molecule has 43 heavy (non-hydrogen) atoms. The van der Waals surface area contributed by atoms with Crippen molar-refractivity contribution in [2.45, 2.75) is 52.2 Å². The summed E-state index contributed by atoms with van der Waals surface area (Å²) in [5, 5.41) is 15.1. The highest BCUT2D eigenvalue weighted by Gasteiger charge is 2.34. The van der Waals surface area contributed by atoms with Crippen LogP contribution in [0.4, 0.5) is 11.4 Å². The summed E-state index contributed by atoms with van der Waals surface area (Å²) >= 11 is 12.6. The van der Waals surface area contributed by atoms with Gasteiger partial charge in [-0.25, -0.2) is 8.42 Å². The van der Waals surface area contributed by atoms with Gasteiger partial charge in [-0.3, -0.25) is 24.0 Å². The molecule has 0 aliphatic heterocycles. The van der Waals surface area contributed by atoms with E-state index in [4.69, 9.17) is 23.2 Å². The first-order valence-corrected chi connectivity index (χ1v) is 16.1. The number of carbonyl (C=O) groups is 2. The van der Waals surface area contributed by atoms with Crippen molar-refractivity contribution in [2.24, 2.45) is 0 Å². The van der Waals surface area contributed by atoms with Gasteiger partial charge in [0.15, 0.2) is 0 Å². The van der Waals surface area contributed by atoms with E-state index in [0.717, 1.165) is 22.2 Å². The molecule has 0 radical (unpaired) electrons. The summed E-state index contributed by atoms with van der Waals surface area (Å²) in [7, 11) is -4.11. The smallest absolute Gasteiger partial charge is 0.271 e. The number of carbonyl (C=O) groups excluding carboxylic acids is 2. The summed E-state index contributed by atoms with van der Waals surface area (Å²) in [6.07, 6.45) is 1.69. The van der Waals surface area contributed by atoms with Crippen LogP contribution in [0.3, 0.4) is 0 Å². The molecule has 2 atom stereocenters. The molecule has 0 fully saturated rings. The molecular formula is C30H34Cl2N4O6S. The highest BCUT2D eigenvalue weighted by Crippen LogP contribution is 2.29. The molecule has 3 aromatic carbocycles. The Morgan fingerprint density at radius 1 is 1.05 bits per heavy atom. The number of sulfonamides is 1. The summed E-state index contributed by atoms with van der Waals surface area (Å²) in [5.41, 5.74) is 1.33. The summed E-state index contributed by atoms with van der Waals surface area (Å²) in [6, 6.07) is 16.4. The Morgan fingerprint density at radius 3 is 2.30 bits per heavy atom. The van der Waals surface area contributed by atoms with Gasteiger partial charge in [-0.2, -0.15) is 0 Å². The fourth-order valence-corrected chi connectivity index (χ4v) is 5.77. The molecule has 0 aromatic heterocycles. The molecule has 13 heteroatoms. The molecule has 10 nitrogen and oxygen atoms in total. The molecule has 3 rings (SSSR count). The lowest BCUT2D eigenvalue weighted by atomic mass is 10.0. The average Bonchev–Trinajstić information content (AvgIpc) is 2.94. The zero-order valence-electron chi connectivity index (χ0n) is 24.3. The normalized spacial score (nSPS) is 12.7. The maximum Gasteiger partial charge on any atom is 0.271 e. The zero-order valence-corrected chi connectivity index (χ0v) is 26.6. The van der Waals surface area contributed by atoms with Crippen LogP contribution in [0.25, 0.3) is 0 Å². The van der Waals surface area contributed by atoms with Gasteiger partial charge in [-0.15, -0.1) is 0 Å². The van der Waals surface area contributed by atoms with Crippen LogP contribution >= 0.6 is 23.2 Å². The lowest BCUT2D eigenvalue weighted by molar-refractivity contribution is -0.384. The topological polar surface area (TPSA) is 130 Å². The van der Waals surface area contributed by atoms with Crippen molar-refractivity contribution in [3.63, 3.8) is 0 Å². The molecular weight excluding hydrogens is 615 g/mol. The van der Waals surface area contributed by atoms with Gasteiger partial charge in [0.05, 0.1) is 16.9 Å². The van der Waals surface area contributed by atoms with Crippen LogP contribution in [0.2, 0.25) is 10.0 Å². The largest absolute Gasteiger partial charge is 0.352 e. The number of rotatable bonds is 13. The van der Waals surface area contributed by atoms with E-state index in [1.54, 1.807) is 19.1 Å². The number of nitro benzene ring substituents is 1. The van der Waals surface area contributed by atoms with Crippen molar-refractivity contribution in [1.82, 2.24) is 10.2 Å². The highest BCUT2D eigenvalue weighted by atomic mass is 35.5. The number of hydrogen-bond donors (Lipinski definition) is 1. The Kier molecular flexibility index (Phi) is 11.5. The summed E-state index contributed by atoms with van der Waals surface area (Å²) in [4.78, 5) is 40.1. The maximum absolute atomic E-state index is 14.2. The van der Waals surface area contributed by atoms with E-state index in [1.165, 1.54) is 23.1 Å². The van der Waals surface area contributed by atoms with Crippen LogP contribution in [0.1, 0.15) is 37.0 Å². The first-order valence-electron chi connectivity index (χ1n) is 13.5. The first kappa shape index (κ1) is 33.8. The van der Waals surface area contributed by atoms with Crippen LogP contribution < -0.4 is 9.62 Å². The van der Waals surface area contributed by atoms with E-state index in [2.05, 4.69) is 5.32 Å². The van der Waals surface area contributed by atoms with Crippen LogP contribution in [0, 0.1) is 17.0 Å². The second-order valence-corrected chi connectivity index (χ2v) is 13.0. The van der Waals surface area contributed by atoms with Crippen molar-refractivity contribution < 1.29 is 22.9 Å². The van der Waals surface area contributed by atoms with Crippen molar-refractivity contribution in [3.8, 4) is 0 Å². The van der Waals surface area contributed by atoms with E-state index >= 15 is 0 Å². The minimum atomic E-state index is -4.11. The third kappa shape index (κ3) is 9.16. The van der Waals surface area contributed by atoms with Crippen molar-refractivity contribution >= 4 is 56.4 Å². The number of amides is 2. The predicted octanol–water partition coefficient (Wildman–Crippen LogP) is 5.53. The average molecular weight is 650 g/mol. The van der Waals surface area contributed by atoms with Gasteiger partial charge >= 0.3 is 0 Å². The van der Waals surface area contributed by atoms with Gasteiger partial charge in [0.2, 0.25) is 21.8 Å². The third-order valence-corrected chi connectivity index (χ3v) is 8.69. The number of nitrogens with zero attached hydrogens (tertiary/aromatic N) is 3. The minimum Gasteiger partial charge on any atom is -0.352 e. The number of nitro groups is 1. The number of nitrogens with one attached hydrogen (secondary N) is 1. The van der Waals surface area contributed by atoms with Crippen molar-refractivity contribution in [2.75, 3.05) is 17.1 Å². The predicted molar refractivity (Wildman–Crippen MR) is 169 cm³/mol. The number of non-ortho nitro benzene ring substituents is 1. The van der Waals surface area contributed by atoms with E-state index in [0.29, 0.717) is 22.6 Å². The molecule has 0 saturated carbocycles. The number of benzene rings is 3. The lowest BCUT2D eigenvalue weighted by Gasteiger charge is -2.34. The monoisotopic (exact) mass is 648 g/mol. The Balaban J connectivity index is 2.14. The zero-order chi connectivity index (χ0) is 31.9. The molecule has 0 unspecified atom stereocenters.